The van der Waals surface area contributed by atoms with E-state index in [1.165, 1.54) is 10.9 Å². The summed E-state index contributed by atoms with van der Waals surface area (Å²) in [6.45, 7) is 2.07. The van der Waals surface area contributed by atoms with Crippen LogP contribution in [0.1, 0.15) is 12.6 Å². The molecule has 0 aromatic carbocycles. The molecule has 0 unspecified atom stereocenters. The first-order valence-corrected chi connectivity index (χ1v) is 6.79. The van der Waals surface area contributed by atoms with Crippen molar-refractivity contribution >= 4 is 34.6 Å². The molecule has 0 atom stereocenters. The Labute approximate surface area is 123 Å². The number of hydrogen-bond acceptors (Lipinski definition) is 5. The third kappa shape index (κ3) is 2.84. The molecule has 3 N–H and O–H groups in total. The molecule has 2 rings (SSSR count). The van der Waals surface area contributed by atoms with Crippen LogP contribution in [0.25, 0.3) is 17.4 Å². The second-order valence-corrected chi connectivity index (χ2v) is 4.93. The van der Waals surface area contributed by atoms with Crippen molar-refractivity contribution in [1.82, 2.24) is 14.5 Å². The number of nitrogens with zero attached hydrogens (tertiary/aromatic N) is 3. The number of carbonyl (C=O) groups is 1. The fourth-order valence-corrected chi connectivity index (χ4v) is 2.75. The highest BCUT2D eigenvalue weighted by atomic mass is 32.1. The van der Waals surface area contributed by atoms with Crippen LogP contribution in [0, 0.1) is 11.3 Å². The zero-order chi connectivity index (χ0) is 15.4. The van der Waals surface area contributed by atoms with Crippen LogP contribution < -0.4 is 20.5 Å². The van der Waals surface area contributed by atoms with E-state index in [2.05, 4.69) is 15.7 Å². The lowest BCUT2D eigenvalue weighted by Crippen LogP contribution is -2.32. The van der Waals surface area contributed by atoms with E-state index in [-0.39, 0.29) is 20.3 Å². The molecule has 8 heteroatoms. The second kappa shape index (κ2) is 6.05. The van der Waals surface area contributed by atoms with E-state index in [1.807, 2.05) is 0 Å². The summed E-state index contributed by atoms with van der Waals surface area (Å²) < 4.78 is 1.87. The number of aromatic nitrogens is 3. The molecular formula is C13H11N5O2S. The molecule has 2 aromatic rings. The summed E-state index contributed by atoms with van der Waals surface area (Å²) in [6.07, 6.45) is 4.66. The zero-order valence-electron chi connectivity index (χ0n) is 11.1. The standard InChI is InChI=1S/C13H11N5O2S/c1-2-18-12(20)10(4-3-8-6-16-7-17-8)21-13(18)9(5-14)11(15)19/h3,6-7H,2H2,1H3,(H2,15,19)(H,16,17)/b13-9-. The lowest BCUT2D eigenvalue weighted by Gasteiger charge is -1.95. The van der Waals surface area contributed by atoms with Crippen LogP contribution in [0.2, 0.25) is 0 Å². The number of H-pyrrole nitrogens is 1. The first-order chi connectivity index (χ1) is 10.1. The van der Waals surface area contributed by atoms with Crippen molar-refractivity contribution in [2.75, 3.05) is 0 Å². The molecule has 7 nitrogen and oxygen atoms in total. The Morgan fingerprint density at radius 2 is 2.43 bits per heavy atom. The highest BCUT2D eigenvalue weighted by molar-refractivity contribution is 7.07. The van der Waals surface area contributed by atoms with Gasteiger partial charge in [0, 0.05) is 12.6 Å². The van der Waals surface area contributed by atoms with Gasteiger partial charge in [-0.3, -0.25) is 14.2 Å². The molecule has 0 aliphatic heterocycles. The van der Waals surface area contributed by atoms with Crippen LogP contribution in [0.4, 0.5) is 0 Å². The predicted molar refractivity (Wildman–Crippen MR) is 78.2 cm³/mol. The summed E-state index contributed by atoms with van der Waals surface area (Å²) >= 11 is 1.01. The molecule has 0 fully saturated rings. The van der Waals surface area contributed by atoms with Crippen molar-refractivity contribution in [1.29, 1.82) is 5.26 Å². The quantitative estimate of drug-likeness (QED) is 0.748. The van der Waals surface area contributed by atoms with Gasteiger partial charge in [0.15, 0.2) is 5.57 Å². The normalized spacial score (nSPS) is 11.4. The Bertz CT molecular complexity index is 921. The van der Waals surface area contributed by atoms with Gasteiger partial charge >= 0.3 is 0 Å². The summed E-state index contributed by atoms with van der Waals surface area (Å²) in [4.78, 5) is 30.2. The maximum atomic E-state index is 12.2. The van der Waals surface area contributed by atoms with Crippen LogP contribution in [0.15, 0.2) is 17.3 Å². The lowest BCUT2D eigenvalue weighted by atomic mass is 10.3. The summed E-state index contributed by atoms with van der Waals surface area (Å²) in [6, 6.07) is 1.74. The molecule has 106 valence electrons. The average Bonchev–Trinajstić information content (AvgIpc) is 3.05. The molecule has 21 heavy (non-hydrogen) atoms. The summed E-state index contributed by atoms with van der Waals surface area (Å²) in [5.41, 5.74) is 8.15. The predicted octanol–water partition coefficient (Wildman–Crippen LogP) is -1.09. The number of amides is 1. The van der Waals surface area contributed by atoms with Gasteiger partial charge in [0.2, 0.25) is 0 Å². The van der Waals surface area contributed by atoms with Crippen molar-refractivity contribution in [3.05, 3.63) is 37.8 Å². The van der Waals surface area contributed by atoms with E-state index in [9.17, 15) is 9.59 Å². The number of nitrogens with one attached hydrogen (secondary N) is 1. The molecule has 0 aliphatic carbocycles. The lowest BCUT2D eigenvalue weighted by molar-refractivity contribution is -0.112. The van der Waals surface area contributed by atoms with Gasteiger partial charge in [-0.2, -0.15) is 5.26 Å². The fourth-order valence-electron chi connectivity index (χ4n) is 1.67. The van der Waals surface area contributed by atoms with Gasteiger partial charge in [-0.05, 0) is 6.92 Å². The van der Waals surface area contributed by atoms with Crippen LogP contribution in [0.5, 0.6) is 0 Å². The highest BCUT2D eigenvalue weighted by Gasteiger charge is 2.11. The molecule has 0 bridgehead atoms. The van der Waals surface area contributed by atoms with Crippen LogP contribution >= 0.6 is 11.3 Å². The third-order valence-corrected chi connectivity index (χ3v) is 3.76. The minimum atomic E-state index is -0.856. The molecule has 1 amide bonds. The van der Waals surface area contributed by atoms with Gasteiger partial charge in [-0.15, -0.1) is 11.3 Å². The second-order valence-electron chi connectivity index (χ2n) is 3.93. The number of thiazole rings is 1. The molecule has 0 saturated heterocycles. The van der Waals surface area contributed by atoms with Crippen molar-refractivity contribution in [3.8, 4) is 6.07 Å². The first kappa shape index (κ1) is 14.5. The molecular weight excluding hydrogens is 290 g/mol. The van der Waals surface area contributed by atoms with Gasteiger partial charge in [0.05, 0.1) is 18.2 Å². The van der Waals surface area contributed by atoms with Gasteiger partial charge < -0.3 is 10.7 Å². The Morgan fingerprint density at radius 1 is 1.67 bits per heavy atom. The SMILES string of the molecule is CCn1c(=O)c(=C=Cc2cnc[nH]2)s/c1=C(/C#N)C(N)=O. The monoisotopic (exact) mass is 301 g/mol. The minimum absolute atomic E-state index is 0.228. The Hall–Kier alpha value is -2.88. The summed E-state index contributed by atoms with van der Waals surface area (Å²) in [5.74, 6) is -0.856. The molecule has 0 spiro atoms. The first-order valence-electron chi connectivity index (χ1n) is 5.97. The Morgan fingerprint density at radius 3 is 2.95 bits per heavy atom. The van der Waals surface area contributed by atoms with Gasteiger partial charge in [-0.1, -0.05) is 5.73 Å². The molecule has 2 aromatic heterocycles. The topological polar surface area (TPSA) is 118 Å². The Balaban J connectivity index is 2.83. The number of nitrogens with two attached hydrogens (primary N) is 1. The van der Waals surface area contributed by atoms with E-state index in [0.717, 1.165) is 11.3 Å². The van der Waals surface area contributed by atoms with E-state index < -0.39 is 5.91 Å². The number of nitriles is 1. The van der Waals surface area contributed by atoms with E-state index in [0.29, 0.717) is 12.2 Å². The van der Waals surface area contributed by atoms with Crippen molar-refractivity contribution in [2.24, 2.45) is 5.73 Å². The van der Waals surface area contributed by atoms with E-state index in [1.54, 1.807) is 25.3 Å². The number of imidazole rings is 1. The molecule has 0 aliphatic rings. The Kier molecular flexibility index (Phi) is 4.18. The molecule has 2 heterocycles. The van der Waals surface area contributed by atoms with Gasteiger partial charge in [-0.25, -0.2) is 4.98 Å². The number of hydrogen-bond donors (Lipinski definition) is 2. The van der Waals surface area contributed by atoms with Crippen molar-refractivity contribution < 1.29 is 4.79 Å². The minimum Gasteiger partial charge on any atom is -0.365 e. The largest absolute Gasteiger partial charge is 0.365 e. The smallest absolute Gasteiger partial charge is 0.277 e. The third-order valence-electron chi connectivity index (χ3n) is 2.65. The number of rotatable bonds is 3. The highest BCUT2D eigenvalue weighted by Crippen LogP contribution is 1.92. The fraction of sp³-hybridized carbons (Fsp3) is 0.154. The zero-order valence-corrected chi connectivity index (χ0v) is 11.9. The maximum Gasteiger partial charge on any atom is 0.277 e. The van der Waals surface area contributed by atoms with Gasteiger partial charge in [0.25, 0.3) is 11.5 Å². The van der Waals surface area contributed by atoms with Gasteiger partial charge in [0.1, 0.15) is 15.3 Å². The number of aromatic amines is 1. The summed E-state index contributed by atoms with van der Waals surface area (Å²) in [5, 5.41) is 9.01. The van der Waals surface area contributed by atoms with Crippen molar-refractivity contribution in [3.63, 3.8) is 0 Å². The maximum absolute atomic E-state index is 12.2. The van der Waals surface area contributed by atoms with E-state index in [4.69, 9.17) is 11.0 Å². The number of primary amides is 1. The van der Waals surface area contributed by atoms with Crippen LogP contribution in [0.3, 0.4) is 0 Å². The van der Waals surface area contributed by atoms with Crippen LogP contribution in [-0.2, 0) is 11.3 Å². The average molecular weight is 301 g/mol. The molecule has 0 saturated carbocycles. The van der Waals surface area contributed by atoms with Crippen molar-refractivity contribution in [2.45, 2.75) is 13.5 Å². The number of carbonyl (C=O) groups excluding carboxylic acids is 1. The van der Waals surface area contributed by atoms with E-state index >= 15 is 0 Å². The van der Waals surface area contributed by atoms with Crippen LogP contribution in [-0.4, -0.2) is 20.4 Å². The summed E-state index contributed by atoms with van der Waals surface area (Å²) in [7, 11) is 0. The molecule has 0 radical (unpaired) electrons.